The van der Waals surface area contributed by atoms with E-state index in [9.17, 15) is 0 Å². The minimum Gasteiger partial charge on any atom is -0.341 e. The molecule has 1 unspecified atom stereocenters. The van der Waals surface area contributed by atoms with Crippen LogP contribution in [0.5, 0.6) is 0 Å². The number of rotatable bonds is 70. The summed E-state index contributed by atoms with van der Waals surface area (Å²) in [6.45, 7) is 94.4. The second-order valence-electron chi connectivity index (χ2n) is 51.1. The van der Waals surface area contributed by atoms with Crippen LogP contribution in [0.1, 0.15) is 517 Å². The molecule has 0 aromatic carbocycles. The molecule has 145 heavy (non-hydrogen) atoms. The summed E-state index contributed by atoms with van der Waals surface area (Å²) in [5.74, 6) is 7.93. The zero-order chi connectivity index (χ0) is 107. The molecule has 0 aliphatic carbocycles. The molecule has 0 N–H and O–H groups in total. The van der Waals surface area contributed by atoms with E-state index in [1.165, 1.54) is 0 Å². The topological polar surface area (TPSA) is 204 Å². The minimum absolute atomic E-state index is 0.0573. The largest absolute Gasteiger partial charge is 0.341 e. The fraction of sp³-hybridized carbons (Fsp3) is 0.924. The van der Waals surface area contributed by atoms with E-state index in [4.69, 9.17) is 69.0 Å². The summed E-state index contributed by atoms with van der Waals surface area (Å²) in [5.41, 5.74) is -2.88. The van der Waals surface area contributed by atoms with Gasteiger partial charge in [0.05, 0.1) is 33.0 Å². The van der Waals surface area contributed by atoms with Crippen LogP contribution in [0.2, 0.25) is 0 Å². The molecule has 0 bridgehead atoms. The summed E-state index contributed by atoms with van der Waals surface area (Å²) < 4.78 is 0. The first-order chi connectivity index (χ1) is 68.8. The summed E-state index contributed by atoms with van der Waals surface area (Å²) in [5, 5.41) is 11.8. The molecule has 838 valence electrons. The highest BCUT2D eigenvalue weighted by atomic mass is 16.7. The van der Waals surface area contributed by atoms with Crippen molar-refractivity contribution in [3.63, 3.8) is 0 Å². The Bertz CT molecular complexity index is 3690. The molecule has 8 heterocycles. The lowest BCUT2D eigenvalue weighted by molar-refractivity contribution is -0.289. The molecule has 3 aromatic rings. The molecule has 5 saturated heterocycles. The Morgan fingerprint density at radius 1 is 0.207 bits per heavy atom. The van der Waals surface area contributed by atoms with E-state index in [1.54, 1.807) is 0 Å². The van der Waals surface area contributed by atoms with Crippen LogP contribution in [0, 0.1) is 5.92 Å². The van der Waals surface area contributed by atoms with Crippen molar-refractivity contribution in [2.45, 2.75) is 591 Å². The molecule has 5 aliphatic rings. The van der Waals surface area contributed by atoms with Crippen LogP contribution in [-0.4, -0.2) is 261 Å². The second-order valence-corrected chi connectivity index (χ2v) is 51.1. The number of hydrogen-bond donors (Lipinski definition) is 0. The van der Waals surface area contributed by atoms with Gasteiger partial charge >= 0.3 is 0 Å². The number of aromatic nitrogens is 9. The first-order valence-electron chi connectivity index (χ1n) is 60.3. The average Bonchev–Trinajstić information content (AvgIpc) is 0.742. The van der Waals surface area contributed by atoms with Crippen molar-refractivity contribution in [1.29, 1.82) is 0 Å². The normalized spacial score (nSPS) is 20.2. The van der Waals surface area contributed by atoms with E-state index < -0.39 is 0 Å². The van der Waals surface area contributed by atoms with Gasteiger partial charge in [-0.25, -0.2) is 0 Å². The van der Waals surface area contributed by atoms with Crippen LogP contribution >= 0.6 is 0 Å². The van der Waals surface area contributed by atoms with E-state index in [1.807, 2.05) is 0 Å². The third-order valence-electron chi connectivity index (χ3n) is 31.9. The molecule has 27 heteroatoms. The third kappa shape index (κ3) is 35.5. The minimum atomic E-state index is -0.328. The van der Waals surface area contributed by atoms with E-state index in [-0.39, 0.29) is 91.4 Å². The molecule has 0 saturated carbocycles. The number of unbranched alkanes of at least 4 members (excludes halogenated alkanes) is 15. The molecule has 27 nitrogen and oxygen atoms in total. The van der Waals surface area contributed by atoms with Crippen LogP contribution in [0.15, 0.2) is 0 Å². The van der Waals surface area contributed by atoms with Crippen molar-refractivity contribution in [2.24, 2.45) is 5.92 Å². The Labute approximate surface area is 889 Å². The second kappa shape index (κ2) is 58.9. The van der Waals surface area contributed by atoms with Crippen LogP contribution < -0.4 is 39.2 Å². The van der Waals surface area contributed by atoms with Gasteiger partial charge in [-0.05, 0) is 324 Å². The van der Waals surface area contributed by atoms with Crippen molar-refractivity contribution in [1.82, 2.24) is 70.2 Å². The summed E-state index contributed by atoms with van der Waals surface area (Å²) in [7, 11) is 0. The number of hydrogen-bond acceptors (Lipinski definition) is 27. The third-order valence-corrected chi connectivity index (χ3v) is 31.9. The number of anilines is 8. The van der Waals surface area contributed by atoms with Gasteiger partial charge in [-0.15, -0.1) is 0 Å². The molecular weight excluding hydrogens is 1810 g/mol. The monoisotopic (exact) mass is 2030 g/mol. The van der Waals surface area contributed by atoms with Gasteiger partial charge in [-0.3, -0.25) is 24.2 Å². The van der Waals surface area contributed by atoms with Gasteiger partial charge in [-0.2, -0.15) is 70.2 Å². The standard InChI is InChI=1S/C118H226N22O5/c1-35-49-66-99(94-84-109(15,16)136(141-79-44-10)110(17,18)85-94)100-119-105(132(95-86-111(19,20)137(142-80-45-11)112(21,22)87-95)75-62-58-60-64-77-134(97-90-115(27,28)139(144-82-47-13)116(29,30)91-97)107-123-101(128(67-50-36-2)68-51-37-3)121-102(124-107)129(69-52-38-4)70-53-39-5)127-106(120-100)133(96-88-113(23,24)138(143-81-46-12)114(25,26)89-96)76-63-59-61-65-78-135(98-92-117(31,32)140(145-83-48-14)118(33,34)93-98)108-125-103(130(71-54-40-6)72-55-41-7)122-104(126-108)131(73-56-42-8)74-57-43-9/h94-99H,35-93H2,1-34H3. The maximum atomic E-state index is 6.97. The Kier molecular flexibility index (Phi) is 50.9. The molecule has 1 atom stereocenters. The molecular formula is C118H226N22O5. The zero-order valence-corrected chi connectivity index (χ0v) is 101. The maximum Gasteiger partial charge on any atom is 0.232 e. The van der Waals surface area contributed by atoms with Gasteiger partial charge in [0.2, 0.25) is 47.6 Å². The Balaban J connectivity index is 1.31. The molecule has 0 radical (unpaired) electrons. The molecule has 0 amide bonds. The van der Waals surface area contributed by atoms with E-state index in [0.29, 0.717) is 33.0 Å². The SMILES string of the molecule is CCCCC(c1nc(N(CCCCCCN(c2nc(N(CCCC)CCCC)nc(N(CCCC)CCCC)n2)C2CC(C)(C)N(OCCC)C(C)(C)C2)C2CC(C)(C)N(OCCC)C(C)(C)C2)nc(N(CCCCCCN(c2nc(N(CCCC)CCCC)nc(N(CCCC)CCCC)n2)C2CC(C)(C)N(OCCC)C(C)(C)C2)C2CC(C)(C)N(OCCC)C(C)(C)C2)n1)C1CC(C)(C)N(OCCC)C(C)(C)C1. The van der Waals surface area contributed by atoms with Gasteiger partial charge in [0.15, 0.2) is 0 Å². The molecule has 0 spiro atoms. The fourth-order valence-corrected chi connectivity index (χ4v) is 26.0. The van der Waals surface area contributed by atoms with E-state index in [2.05, 4.69) is 300 Å². The lowest BCUT2D eigenvalue weighted by Crippen LogP contribution is -2.64. The summed E-state index contributed by atoms with van der Waals surface area (Å²) in [6.07, 6.45) is 42.5. The van der Waals surface area contributed by atoms with Gasteiger partial charge in [0.1, 0.15) is 5.82 Å². The Morgan fingerprint density at radius 3 is 0.566 bits per heavy atom. The lowest BCUT2D eigenvalue weighted by atomic mass is 9.69. The van der Waals surface area contributed by atoms with Gasteiger partial charge in [0, 0.05) is 164 Å². The van der Waals surface area contributed by atoms with Gasteiger partial charge < -0.3 is 39.2 Å². The maximum absolute atomic E-state index is 6.97. The number of nitrogens with zero attached hydrogens (tertiary/aromatic N) is 22. The van der Waals surface area contributed by atoms with Crippen LogP contribution in [0.25, 0.3) is 0 Å². The predicted octanol–water partition coefficient (Wildman–Crippen LogP) is 28.0. The molecule has 3 aromatic heterocycles. The zero-order valence-electron chi connectivity index (χ0n) is 101. The summed E-state index contributed by atoms with van der Waals surface area (Å²) in [4.78, 5) is 108. The average molecular weight is 2030 g/mol. The van der Waals surface area contributed by atoms with Crippen molar-refractivity contribution in [3.05, 3.63) is 5.82 Å². The van der Waals surface area contributed by atoms with Crippen molar-refractivity contribution < 1.29 is 24.2 Å². The lowest BCUT2D eigenvalue weighted by Gasteiger charge is -2.56. The quantitative estimate of drug-likeness (QED) is 0.0482. The van der Waals surface area contributed by atoms with Crippen LogP contribution in [0.3, 0.4) is 0 Å². The first-order valence-corrected chi connectivity index (χ1v) is 60.3. The van der Waals surface area contributed by atoms with Crippen molar-refractivity contribution in [2.75, 3.05) is 151 Å². The highest BCUT2D eigenvalue weighted by Crippen LogP contribution is 2.52. The highest BCUT2D eigenvalue weighted by molar-refractivity contribution is 5.50. The van der Waals surface area contributed by atoms with Crippen molar-refractivity contribution >= 4 is 47.6 Å². The van der Waals surface area contributed by atoms with E-state index in [0.717, 1.165) is 402 Å². The summed E-state index contributed by atoms with van der Waals surface area (Å²) >= 11 is 0. The highest BCUT2D eigenvalue weighted by Gasteiger charge is 2.55. The van der Waals surface area contributed by atoms with Gasteiger partial charge in [-0.1, -0.05) is 187 Å². The van der Waals surface area contributed by atoms with Crippen LogP contribution in [-0.2, 0) is 24.2 Å². The Hall–Kier alpha value is -4.97. The summed E-state index contributed by atoms with van der Waals surface area (Å²) in [6, 6.07) is 0.452. The van der Waals surface area contributed by atoms with Gasteiger partial charge in [0.25, 0.3) is 0 Å². The molecule has 5 aliphatic heterocycles. The predicted molar refractivity (Wildman–Crippen MR) is 612 cm³/mol. The number of piperidine rings is 5. The molecule has 8 rings (SSSR count). The van der Waals surface area contributed by atoms with Crippen molar-refractivity contribution in [3.8, 4) is 0 Å². The Morgan fingerprint density at radius 2 is 0.379 bits per heavy atom. The fourth-order valence-electron chi connectivity index (χ4n) is 26.0. The van der Waals surface area contributed by atoms with Crippen LogP contribution in [0.4, 0.5) is 47.6 Å². The molecule has 5 fully saturated rings. The van der Waals surface area contributed by atoms with E-state index >= 15 is 0 Å². The smallest absolute Gasteiger partial charge is 0.232 e. The number of hydroxylamine groups is 10. The first kappa shape index (κ1) is 125.